The van der Waals surface area contributed by atoms with Crippen molar-refractivity contribution in [3.63, 3.8) is 0 Å². The molecule has 0 aliphatic carbocycles. The number of benzene rings is 3. The first-order valence-corrected chi connectivity index (χ1v) is 9.23. The predicted molar refractivity (Wildman–Crippen MR) is 101 cm³/mol. The molecule has 6 nitrogen and oxygen atoms in total. The third-order valence-electron chi connectivity index (χ3n) is 4.01. The average molecular weight is 368 g/mol. The number of non-ortho nitro benzene ring substituents is 1. The quantitative estimate of drug-likeness (QED) is 0.502. The summed E-state index contributed by atoms with van der Waals surface area (Å²) >= 11 is 0. The molecule has 3 aromatic carbocycles. The van der Waals surface area contributed by atoms with Crippen LogP contribution < -0.4 is 4.31 Å². The first-order valence-electron chi connectivity index (χ1n) is 7.79. The number of hydrogen-bond acceptors (Lipinski definition) is 4. The summed E-state index contributed by atoms with van der Waals surface area (Å²) in [5.74, 6) is 0. The maximum atomic E-state index is 13.0. The van der Waals surface area contributed by atoms with E-state index in [4.69, 9.17) is 0 Å². The van der Waals surface area contributed by atoms with Gasteiger partial charge in [-0.15, -0.1) is 0 Å². The lowest BCUT2D eigenvalue weighted by Gasteiger charge is -2.22. The molecular formula is C19H16N2O4S. The molecule has 7 heteroatoms. The topological polar surface area (TPSA) is 80.5 Å². The minimum Gasteiger partial charge on any atom is -0.269 e. The van der Waals surface area contributed by atoms with E-state index < -0.39 is 14.9 Å². The molecule has 3 rings (SSSR count). The Balaban J connectivity index is 2.09. The standard InChI is InChI=1S/C19H16N2O4S/c1-20(26(24,25)17-11-7-10-16(14-17)21(22)23)19-13-6-5-12-18(19)15-8-3-2-4-9-15/h2-14H,1H3. The third-order valence-corrected chi connectivity index (χ3v) is 5.78. The summed E-state index contributed by atoms with van der Waals surface area (Å²) in [6.07, 6.45) is 0. The van der Waals surface area contributed by atoms with Gasteiger partial charge in [-0.2, -0.15) is 0 Å². The Bertz CT molecular complexity index is 1050. The maximum Gasteiger partial charge on any atom is 0.270 e. The monoisotopic (exact) mass is 368 g/mol. The molecule has 0 aliphatic rings. The van der Waals surface area contributed by atoms with E-state index in [9.17, 15) is 18.5 Å². The van der Waals surface area contributed by atoms with Crippen LogP contribution in [0.4, 0.5) is 11.4 Å². The summed E-state index contributed by atoms with van der Waals surface area (Å²) in [5, 5.41) is 11.0. The van der Waals surface area contributed by atoms with Gasteiger partial charge >= 0.3 is 0 Å². The van der Waals surface area contributed by atoms with E-state index in [2.05, 4.69) is 0 Å². The van der Waals surface area contributed by atoms with Crippen LogP contribution in [0.1, 0.15) is 0 Å². The Kier molecular flexibility index (Phi) is 4.73. The van der Waals surface area contributed by atoms with Crippen molar-refractivity contribution in [3.05, 3.63) is 89.0 Å². The van der Waals surface area contributed by atoms with Crippen molar-refractivity contribution in [2.24, 2.45) is 0 Å². The van der Waals surface area contributed by atoms with Gasteiger partial charge in [0.2, 0.25) is 0 Å². The van der Waals surface area contributed by atoms with E-state index in [-0.39, 0.29) is 10.6 Å². The number of sulfonamides is 1. The number of rotatable bonds is 5. The summed E-state index contributed by atoms with van der Waals surface area (Å²) < 4.78 is 27.1. The second-order valence-electron chi connectivity index (χ2n) is 5.61. The zero-order valence-corrected chi connectivity index (χ0v) is 14.8. The van der Waals surface area contributed by atoms with E-state index in [0.29, 0.717) is 5.69 Å². The highest BCUT2D eigenvalue weighted by Gasteiger charge is 2.25. The summed E-state index contributed by atoms with van der Waals surface area (Å²) in [6.45, 7) is 0. The molecule has 0 aromatic heterocycles. The molecule has 26 heavy (non-hydrogen) atoms. The van der Waals surface area contributed by atoms with Gasteiger partial charge in [-0.25, -0.2) is 8.42 Å². The highest BCUT2D eigenvalue weighted by atomic mass is 32.2. The molecule has 0 aliphatic heterocycles. The van der Waals surface area contributed by atoms with Crippen LogP contribution in [0.5, 0.6) is 0 Å². The number of para-hydroxylation sites is 1. The van der Waals surface area contributed by atoms with Crippen LogP contribution in [0.3, 0.4) is 0 Å². The van der Waals surface area contributed by atoms with E-state index >= 15 is 0 Å². The van der Waals surface area contributed by atoms with Crippen LogP contribution in [0, 0.1) is 10.1 Å². The molecule has 0 unspecified atom stereocenters. The maximum absolute atomic E-state index is 13.0. The number of hydrogen-bond donors (Lipinski definition) is 0. The molecule has 0 heterocycles. The smallest absolute Gasteiger partial charge is 0.269 e. The van der Waals surface area contributed by atoms with Crippen LogP contribution in [-0.2, 0) is 10.0 Å². The molecule has 0 bridgehead atoms. The molecule has 0 saturated carbocycles. The lowest BCUT2D eigenvalue weighted by molar-refractivity contribution is -0.385. The van der Waals surface area contributed by atoms with Crippen molar-refractivity contribution in [3.8, 4) is 11.1 Å². The summed E-state index contributed by atoms with van der Waals surface area (Å²) in [4.78, 5) is 10.2. The van der Waals surface area contributed by atoms with Crippen LogP contribution in [-0.4, -0.2) is 20.4 Å². The van der Waals surface area contributed by atoms with Gasteiger partial charge in [0.1, 0.15) is 0 Å². The second-order valence-corrected chi connectivity index (χ2v) is 7.58. The number of anilines is 1. The van der Waals surface area contributed by atoms with E-state index in [1.54, 1.807) is 12.1 Å². The Morgan fingerprint density at radius 1 is 0.885 bits per heavy atom. The molecule has 3 aromatic rings. The Morgan fingerprint density at radius 2 is 1.54 bits per heavy atom. The lowest BCUT2D eigenvalue weighted by Crippen LogP contribution is -2.27. The molecular weight excluding hydrogens is 352 g/mol. The van der Waals surface area contributed by atoms with Crippen molar-refractivity contribution in [1.82, 2.24) is 0 Å². The van der Waals surface area contributed by atoms with Gasteiger partial charge in [0.25, 0.3) is 15.7 Å². The fraction of sp³-hybridized carbons (Fsp3) is 0.0526. The Labute approximate surface area is 151 Å². The first-order chi connectivity index (χ1) is 12.4. The van der Waals surface area contributed by atoms with Gasteiger partial charge in [0.05, 0.1) is 15.5 Å². The minimum atomic E-state index is -3.95. The van der Waals surface area contributed by atoms with Crippen LogP contribution >= 0.6 is 0 Å². The van der Waals surface area contributed by atoms with E-state index in [1.165, 1.54) is 25.2 Å². The molecule has 0 fully saturated rings. The van der Waals surface area contributed by atoms with E-state index in [1.807, 2.05) is 42.5 Å². The number of nitro benzene ring substituents is 1. The number of nitrogens with zero attached hydrogens (tertiary/aromatic N) is 2. The lowest BCUT2D eigenvalue weighted by atomic mass is 10.0. The van der Waals surface area contributed by atoms with Crippen LogP contribution in [0.15, 0.2) is 83.8 Å². The summed E-state index contributed by atoms with van der Waals surface area (Å²) in [5.41, 5.74) is 1.86. The Hall–Kier alpha value is -3.19. The van der Waals surface area contributed by atoms with Crippen molar-refractivity contribution in [1.29, 1.82) is 0 Å². The average Bonchev–Trinajstić information content (AvgIpc) is 2.68. The molecule has 0 amide bonds. The SMILES string of the molecule is CN(c1ccccc1-c1ccccc1)S(=O)(=O)c1cccc([N+](=O)[O-])c1. The van der Waals surface area contributed by atoms with Gasteiger partial charge in [-0.05, 0) is 17.7 Å². The van der Waals surface area contributed by atoms with Crippen molar-refractivity contribution in [2.45, 2.75) is 4.90 Å². The zero-order valence-electron chi connectivity index (χ0n) is 13.9. The van der Waals surface area contributed by atoms with Gasteiger partial charge < -0.3 is 0 Å². The normalized spacial score (nSPS) is 11.1. The predicted octanol–water partition coefficient (Wildman–Crippen LogP) is 4.09. The largest absolute Gasteiger partial charge is 0.270 e. The summed E-state index contributed by atoms with van der Waals surface area (Å²) in [7, 11) is -2.51. The minimum absolute atomic E-state index is 0.128. The fourth-order valence-corrected chi connectivity index (χ4v) is 3.91. The summed E-state index contributed by atoms with van der Waals surface area (Å²) in [6, 6.07) is 21.6. The van der Waals surface area contributed by atoms with Crippen LogP contribution in [0.25, 0.3) is 11.1 Å². The molecule has 0 radical (unpaired) electrons. The van der Waals surface area contributed by atoms with Gasteiger partial charge in [0, 0.05) is 24.7 Å². The van der Waals surface area contributed by atoms with Gasteiger partial charge in [-0.1, -0.05) is 54.6 Å². The van der Waals surface area contributed by atoms with Crippen LogP contribution in [0.2, 0.25) is 0 Å². The highest BCUT2D eigenvalue weighted by molar-refractivity contribution is 7.92. The van der Waals surface area contributed by atoms with E-state index in [0.717, 1.165) is 21.5 Å². The first kappa shape index (κ1) is 17.6. The highest BCUT2D eigenvalue weighted by Crippen LogP contribution is 2.33. The van der Waals surface area contributed by atoms with Crippen molar-refractivity contribution in [2.75, 3.05) is 11.4 Å². The fourth-order valence-electron chi connectivity index (χ4n) is 2.66. The number of nitro groups is 1. The molecule has 0 atom stereocenters. The van der Waals surface area contributed by atoms with Gasteiger partial charge in [-0.3, -0.25) is 14.4 Å². The molecule has 132 valence electrons. The third kappa shape index (κ3) is 3.29. The van der Waals surface area contributed by atoms with Gasteiger partial charge in [0.15, 0.2) is 0 Å². The molecule has 0 N–H and O–H groups in total. The van der Waals surface area contributed by atoms with Crippen molar-refractivity contribution >= 4 is 21.4 Å². The van der Waals surface area contributed by atoms with Crippen molar-refractivity contribution < 1.29 is 13.3 Å². The second kappa shape index (κ2) is 6.97. The molecule has 0 saturated heterocycles. The zero-order chi connectivity index (χ0) is 18.7. The molecule has 0 spiro atoms. The Morgan fingerprint density at radius 3 is 2.23 bits per heavy atom.